The van der Waals surface area contributed by atoms with Crippen LogP contribution in [0.15, 0.2) is 29.1 Å². The fraction of sp³-hybridized carbons (Fsp3) is 0.333. The van der Waals surface area contributed by atoms with E-state index in [1.165, 1.54) is 23.1 Å². The van der Waals surface area contributed by atoms with Crippen molar-refractivity contribution in [2.75, 3.05) is 6.61 Å². The average Bonchev–Trinajstić information content (AvgIpc) is 3.09. The molecular weight excluding hydrogens is 395 g/mol. The molecule has 1 aliphatic carbocycles. The number of H-pyrrole nitrogens is 1. The molecule has 6 nitrogen and oxygen atoms in total. The quantitative estimate of drug-likeness (QED) is 0.494. The first-order chi connectivity index (χ1) is 14.0. The molecule has 4 rings (SSSR count). The number of ketones is 1. The van der Waals surface area contributed by atoms with E-state index in [1.807, 2.05) is 0 Å². The Hall–Kier alpha value is -2.87. The van der Waals surface area contributed by atoms with Gasteiger partial charge in [0.25, 0.3) is 5.56 Å². The first-order valence-corrected chi connectivity index (χ1v) is 10.3. The van der Waals surface area contributed by atoms with Crippen LogP contribution in [0.1, 0.15) is 45.9 Å². The van der Waals surface area contributed by atoms with E-state index in [9.17, 15) is 18.8 Å². The molecule has 2 aromatic heterocycles. The van der Waals surface area contributed by atoms with Gasteiger partial charge in [0.15, 0.2) is 12.4 Å². The topological polar surface area (TPSA) is 89.1 Å². The number of halogens is 1. The minimum atomic E-state index is -0.581. The SMILES string of the molecule is O=C(CCc1nc2sc3c(c2c(=O)[nH]1)CCCC3)OCC(=O)c1cccc(F)c1. The Morgan fingerprint density at radius 2 is 2.07 bits per heavy atom. The molecule has 0 unspecified atom stereocenters. The van der Waals surface area contributed by atoms with E-state index in [0.29, 0.717) is 16.0 Å². The number of ether oxygens (including phenoxy) is 1. The van der Waals surface area contributed by atoms with Crippen LogP contribution < -0.4 is 5.56 Å². The lowest BCUT2D eigenvalue weighted by atomic mass is 9.97. The van der Waals surface area contributed by atoms with Gasteiger partial charge in [0.2, 0.25) is 0 Å². The molecule has 8 heteroatoms. The van der Waals surface area contributed by atoms with Gasteiger partial charge in [-0.15, -0.1) is 11.3 Å². The number of nitrogens with zero attached hydrogens (tertiary/aromatic N) is 1. The minimum absolute atomic E-state index is 0.0179. The highest BCUT2D eigenvalue weighted by Crippen LogP contribution is 2.33. The van der Waals surface area contributed by atoms with Crippen molar-refractivity contribution < 1.29 is 18.7 Å². The third-order valence-electron chi connectivity index (χ3n) is 4.95. The maximum atomic E-state index is 13.2. The summed E-state index contributed by atoms with van der Waals surface area (Å²) in [5.41, 5.74) is 1.10. The predicted octanol–water partition coefficient (Wildman–Crippen LogP) is 3.36. The van der Waals surface area contributed by atoms with Crippen molar-refractivity contribution in [1.29, 1.82) is 0 Å². The summed E-state index contributed by atoms with van der Waals surface area (Å²) in [4.78, 5) is 45.6. The van der Waals surface area contributed by atoms with E-state index < -0.39 is 24.2 Å². The van der Waals surface area contributed by atoms with Crippen molar-refractivity contribution in [3.8, 4) is 0 Å². The summed E-state index contributed by atoms with van der Waals surface area (Å²) in [6.45, 7) is -0.455. The third kappa shape index (κ3) is 4.27. The van der Waals surface area contributed by atoms with Crippen LogP contribution in [0.2, 0.25) is 0 Å². The van der Waals surface area contributed by atoms with Crippen LogP contribution in [0.25, 0.3) is 10.2 Å². The van der Waals surface area contributed by atoms with Crippen LogP contribution in [-0.2, 0) is 28.8 Å². The van der Waals surface area contributed by atoms with Crippen LogP contribution in [-0.4, -0.2) is 28.3 Å². The molecule has 0 saturated heterocycles. The zero-order chi connectivity index (χ0) is 20.4. The number of hydrogen-bond donors (Lipinski definition) is 1. The van der Waals surface area contributed by atoms with Gasteiger partial charge in [-0.2, -0.15) is 0 Å². The first kappa shape index (κ1) is 19.4. The van der Waals surface area contributed by atoms with Crippen LogP contribution in [0.4, 0.5) is 4.39 Å². The Bertz CT molecular complexity index is 1150. The molecule has 1 aliphatic rings. The summed E-state index contributed by atoms with van der Waals surface area (Å²) >= 11 is 1.55. The summed E-state index contributed by atoms with van der Waals surface area (Å²) in [7, 11) is 0. The molecule has 0 aliphatic heterocycles. The van der Waals surface area contributed by atoms with E-state index in [1.54, 1.807) is 11.3 Å². The number of rotatable bonds is 6. The number of fused-ring (bicyclic) bond motifs is 3. The largest absolute Gasteiger partial charge is 0.457 e. The lowest BCUT2D eigenvalue weighted by molar-refractivity contribution is -0.142. The number of aromatic nitrogens is 2. The molecule has 1 aromatic carbocycles. The second-order valence-electron chi connectivity index (χ2n) is 7.00. The van der Waals surface area contributed by atoms with Gasteiger partial charge in [-0.25, -0.2) is 9.37 Å². The van der Waals surface area contributed by atoms with Crippen LogP contribution in [0.3, 0.4) is 0 Å². The number of carbonyl (C=O) groups excluding carboxylic acids is 2. The molecule has 1 N–H and O–H groups in total. The summed E-state index contributed by atoms with van der Waals surface area (Å²) in [6.07, 6.45) is 4.30. The Morgan fingerprint density at radius 3 is 2.90 bits per heavy atom. The molecule has 0 saturated carbocycles. The number of aryl methyl sites for hydroxylation is 3. The molecule has 0 spiro atoms. The zero-order valence-electron chi connectivity index (χ0n) is 15.6. The number of carbonyl (C=O) groups is 2. The van der Waals surface area contributed by atoms with Crippen molar-refractivity contribution in [3.05, 3.63) is 62.3 Å². The number of benzene rings is 1. The highest BCUT2D eigenvalue weighted by atomic mass is 32.1. The lowest BCUT2D eigenvalue weighted by Crippen LogP contribution is -2.17. The highest BCUT2D eigenvalue weighted by molar-refractivity contribution is 7.18. The molecule has 2 heterocycles. The molecule has 150 valence electrons. The van der Waals surface area contributed by atoms with E-state index in [4.69, 9.17) is 4.74 Å². The van der Waals surface area contributed by atoms with Gasteiger partial charge in [-0.3, -0.25) is 14.4 Å². The van der Waals surface area contributed by atoms with Crippen molar-refractivity contribution >= 4 is 33.3 Å². The monoisotopic (exact) mass is 414 g/mol. The normalized spacial score (nSPS) is 13.3. The molecule has 0 bridgehead atoms. The van der Waals surface area contributed by atoms with Crippen molar-refractivity contribution in [1.82, 2.24) is 9.97 Å². The molecular formula is C21H19FN2O4S. The average molecular weight is 414 g/mol. The van der Waals surface area contributed by atoms with Gasteiger partial charge < -0.3 is 9.72 Å². The van der Waals surface area contributed by atoms with Gasteiger partial charge in [-0.1, -0.05) is 12.1 Å². The predicted molar refractivity (Wildman–Crippen MR) is 107 cm³/mol. The number of nitrogens with one attached hydrogen (secondary N) is 1. The van der Waals surface area contributed by atoms with Gasteiger partial charge in [0, 0.05) is 16.9 Å². The maximum absolute atomic E-state index is 13.2. The standard InChI is InChI=1S/C21H19FN2O4S/c22-13-5-3-4-12(10-13)15(25)11-28-18(26)9-8-17-23-20(27)19-14-6-1-2-7-16(14)29-21(19)24-17/h3-5,10H,1-2,6-9,11H2,(H,23,24,27). The van der Waals surface area contributed by atoms with Crippen molar-refractivity contribution in [2.24, 2.45) is 0 Å². The Morgan fingerprint density at radius 1 is 1.24 bits per heavy atom. The number of Topliss-reactive ketones (excluding diaryl/α,β-unsaturated/α-hetero) is 1. The van der Waals surface area contributed by atoms with E-state index in [0.717, 1.165) is 37.3 Å². The smallest absolute Gasteiger partial charge is 0.306 e. The summed E-state index contributed by atoms with van der Waals surface area (Å²) < 4.78 is 18.1. The van der Waals surface area contributed by atoms with Gasteiger partial charge in [-0.05, 0) is 43.4 Å². The van der Waals surface area contributed by atoms with Gasteiger partial charge in [0.1, 0.15) is 16.5 Å². The Labute approximate surface area is 169 Å². The molecule has 0 fully saturated rings. The number of aromatic amines is 1. The number of hydrogen-bond acceptors (Lipinski definition) is 6. The molecule has 0 radical (unpaired) electrons. The fourth-order valence-corrected chi connectivity index (χ4v) is 4.79. The Kier molecular flexibility index (Phi) is 5.53. The molecule has 0 amide bonds. The Balaban J connectivity index is 1.37. The number of esters is 1. The van der Waals surface area contributed by atoms with Crippen molar-refractivity contribution in [3.63, 3.8) is 0 Å². The van der Waals surface area contributed by atoms with E-state index in [2.05, 4.69) is 9.97 Å². The summed E-state index contributed by atoms with van der Waals surface area (Å²) in [6, 6.07) is 5.22. The highest BCUT2D eigenvalue weighted by Gasteiger charge is 2.20. The minimum Gasteiger partial charge on any atom is -0.457 e. The van der Waals surface area contributed by atoms with E-state index >= 15 is 0 Å². The van der Waals surface area contributed by atoms with Crippen LogP contribution >= 0.6 is 11.3 Å². The second-order valence-corrected chi connectivity index (χ2v) is 8.08. The van der Waals surface area contributed by atoms with Gasteiger partial charge >= 0.3 is 5.97 Å². The van der Waals surface area contributed by atoms with E-state index in [-0.39, 0.29) is 24.0 Å². The first-order valence-electron chi connectivity index (χ1n) is 9.49. The lowest BCUT2D eigenvalue weighted by Gasteiger charge is -2.09. The number of thiophene rings is 1. The second kappa shape index (κ2) is 8.24. The summed E-state index contributed by atoms with van der Waals surface area (Å²) in [5, 5.41) is 0.678. The fourth-order valence-electron chi connectivity index (χ4n) is 3.51. The molecule has 3 aromatic rings. The molecule has 0 atom stereocenters. The molecule has 29 heavy (non-hydrogen) atoms. The van der Waals surface area contributed by atoms with Crippen molar-refractivity contribution in [2.45, 2.75) is 38.5 Å². The zero-order valence-corrected chi connectivity index (χ0v) is 16.4. The van der Waals surface area contributed by atoms with Gasteiger partial charge in [0.05, 0.1) is 11.8 Å². The summed E-state index contributed by atoms with van der Waals surface area (Å²) in [5.74, 6) is -1.16. The maximum Gasteiger partial charge on any atom is 0.306 e. The van der Waals surface area contributed by atoms with Crippen LogP contribution in [0.5, 0.6) is 0 Å². The van der Waals surface area contributed by atoms with Crippen LogP contribution in [0, 0.1) is 5.82 Å². The third-order valence-corrected chi connectivity index (χ3v) is 6.14.